The summed E-state index contributed by atoms with van der Waals surface area (Å²) in [6.07, 6.45) is 1.26. The maximum atomic E-state index is 12.1. The molecular weight excluding hydrogens is 338 g/mol. The summed E-state index contributed by atoms with van der Waals surface area (Å²) in [4.78, 5) is 14.5. The van der Waals surface area contributed by atoms with Gasteiger partial charge in [0.2, 0.25) is 0 Å². The lowest BCUT2D eigenvalue weighted by Gasteiger charge is -2.18. The van der Waals surface area contributed by atoms with E-state index in [-0.39, 0.29) is 12.1 Å². The van der Waals surface area contributed by atoms with E-state index in [9.17, 15) is 4.79 Å². The molecule has 5 heteroatoms. The summed E-state index contributed by atoms with van der Waals surface area (Å²) in [7, 11) is 0. The molecule has 2 aromatic carbocycles. The van der Waals surface area contributed by atoms with Gasteiger partial charge < -0.3 is 20.3 Å². The Labute approximate surface area is 161 Å². The van der Waals surface area contributed by atoms with E-state index in [1.54, 1.807) is 0 Å². The Hall–Kier alpha value is -2.69. The number of carbonyl (C=O) groups is 1. The van der Waals surface area contributed by atoms with Crippen molar-refractivity contribution in [3.8, 4) is 5.75 Å². The number of carbonyl (C=O) groups excluding carboxylic acids is 1. The molecule has 3 rings (SSSR count). The van der Waals surface area contributed by atoms with Crippen LogP contribution >= 0.6 is 0 Å². The molecule has 1 aliphatic heterocycles. The van der Waals surface area contributed by atoms with Gasteiger partial charge in [0, 0.05) is 31.9 Å². The monoisotopic (exact) mass is 367 g/mol. The average Bonchev–Trinajstić information content (AvgIpc) is 3.15. The summed E-state index contributed by atoms with van der Waals surface area (Å²) in [5.41, 5.74) is 2.31. The Morgan fingerprint density at radius 3 is 2.56 bits per heavy atom. The minimum atomic E-state index is -0.115. The van der Waals surface area contributed by atoms with E-state index in [1.165, 1.54) is 5.69 Å². The van der Waals surface area contributed by atoms with Crippen molar-refractivity contribution in [3.63, 3.8) is 0 Å². The average molecular weight is 367 g/mol. The van der Waals surface area contributed by atoms with Crippen molar-refractivity contribution in [2.45, 2.75) is 32.9 Å². The minimum Gasteiger partial charge on any atom is -0.491 e. The molecule has 0 radical (unpaired) electrons. The lowest BCUT2D eigenvalue weighted by molar-refractivity contribution is 0.239. The van der Waals surface area contributed by atoms with Gasteiger partial charge in [-0.25, -0.2) is 4.79 Å². The Bertz CT molecular complexity index is 716. The molecule has 2 aromatic rings. The Morgan fingerprint density at radius 1 is 1.11 bits per heavy atom. The molecule has 0 saturated carbocycles. The second kappa shape index (κ2) is 9.31. The van der Waals surface area contributed by atoms with Crippen molar-refractivity contribution in [1.82, 2.24) is 10.6 Å². The number of amides is 2. The van der Waals surface area contributed by atoms with Gasteiger partial charge in [0.25, 0.3) is 0 Å². The number of anilines is 1. The molecule has 0 aliphatic carbocycles. The Kier molecular flexibility index (Phi) is 6.58. The van der Waals surface area contributed by atoms with Gasteiger partial charge in [-0.05, 0) is 56.0 Å². The molecule has 0 bridgehead atoms. The number of ether oxygens (including phenoxy) is 1. The van der Waals surface area contributed by atoms with E-state index in [4.69, 9.17) is 4.74 Å². The normalized spacial score (nSPS) is 16.4. The lowest BCUT2D eigenvalue weighted by Crippen LogP contribution is -2.38. The summed E-state index contributed by atoms with van der Waals surface area (Å²) < 4.78 is 5.63. The topological polar surface area (TPSA) is 53.6 Å². The predicted octanol–water partition coefficient (Wildman–Crippen LogP) is 3.80. The Balaban J connectivity index is 1.36. The first-order valence-electron chi connectivity index (χ1n) is 9.67. The summed E-state index contributed by atoms with van der Waals surface area (Å²) in [6, 6.07) is 18.2. The SMILES string of the molecule is CC(C)Oc1ccc(CNC(=O)NCC2CCN(c3ccccc3)C2)cc1. The first-order valence-corrected chi connectivity index (χ1v) is 9.67. The molecule has 1 aliphatic rings. The molecule has 2 amide bonds. The molecule has 5 nitrogen and oxygen atoms in total. The van der Waals surface area contributed by atoms with E-state index in [2.05, 4.69) is 39.8 Å². The van der Waals surface area contributed by atoms with Gasteiger partial charge in [-0.1, -0.05) is 30.3 Å². The quantitative estimate of drug-likeness (QED) is 0.783. The van der Waals surface area contributed by atoms with Gasteiger partial charge in [-0.2, -0.15) is 0 Å². The van der Waals surface area contributed by atoms with Gasteiger partial charge in [-0.3, -0.25) is 0 Å². The number of para-hydroxylation sites is 1. The van der Waals surface area contributed by atoms with Crippen LogP contribution in [-0.4, -0.2) is 31.8 Å². The standard InChI is InChI=1S/C22H29N3O2/c1-17(2)27-21-10-8-18(9-11-21)14-23-22(26)24-15-19-12-13-25(16-19)20-6-4-3-5-7-20/h3-11,17,19H,12-16H2,1-2H3,(H2,23,24,26). The number of benzene rings is 2. The van der Waals surface area contributed by atoms with E-state index in [0.717, 1.165) is 30.8 Å². The number of hydrogen-bond donors (Lipinski definition) is 2. The molecule has 1 saturated heterocycles. The highest BCUT2D eigenvalue weighted by Crippen LogP contribution is 2.22. The van der Waals surface area contributed by atoms with Crippen LogP contribution in [0, 0.1) is 5.92 Å². The number of rotatable bonds is 7. The zero-order chi connectivity index (χ0) is 19.1. The number of nitrogens with zero attached hydrogens (tertiary/aromatic N) is 1. The maximum absolute atomic E-state index is 12.1. The van der Waals surface area contributed by atoms with Crippen LogP contribution in [0.1, 0.15) is 25.8 Å². The first-order chi connectivity index (χ1) is 13.1. The summed E-state index contributed by atoms with van der Waals surface area (Å²) >= 11 is 0. The zero-order valence-corrected chi connectivity index (χ0v) is 16.2. The van der Waals surface area contributed by atoms with E-state index in [1.807, 2.05) is 44.2 Å². The van der Waals surface area contributed by atoms with Crippen LogP contribution in [0.25, 0.3) is 0 Å². The van der Waals surface area contributed by atoms with Crippen LogP contribution in [0.4, 0.5) is 10.5 Å². The fraction of sp³-hybridized carbons (Fsp3) is 0.409. The second-order valence-corrected chi connectivity index (χ2v) is 7.31. The molecule has 1 heterocycles. The van der Waals surface area contributed by atoms with Crippen molar-refractivity contribution in [1.29, 1.82) is 0 Å². The van der Waals surface area contributed by atoms with Crippen molar-refractivity contribution in [2.24, 2.45) is 5.92 Å². The number of nitrogens with one attached hydrogen (secondary N) is 2. The van der Waals surface area contributed by atoms with Crippen LogP contribution in [0.15, 0.2) is 54.6 Å². The molecule has 27 heavy (non-hydrogen) atoms. The van der Waals surface area contributed by atoms with Gasteiger partial charge in [-0.15, -0.1) is 0 Å². The van der Waals surface area contributed by atoms with Gasteiger partial charge in [0.1, 0.15) is 5.75 Å². The highest BCUT2D eigenvalue weighted by Gasteiger charge is 2.22. The molecule has 0 aromatic heterocycles. The van der Waals surface area contributed by atoms with Crippen molar-refractivity contribution in [2.75, 3.05) is 24.5 Å². The summed E-state index contributed by atoms with van der Waals surface area (Å²) in [5.74, 6) is 1.34. The molecule has 2 N–H and O–H groups in total. The zero-order valence-electron chi connectivity index (χ0n) is 16.2. The van der Waals surface area contributed by atoms with Crippen LogP contribution < -0.4 is 20.3 Å². The van der Waals surface area contributed by atoms with Gasteiger partial charge in [0.15, 0.2) is 0 Å². The fourth-order valence-electron chi connectivity index (χ4n) is 3.31. The molecule has 1 atom stereocenters. The minimum absolute atomic E-state index is 0.115. The highest BCUT2D eigenvalue weighted by atomic mass is 16.5. The van der Waals surface area contributed by atoms with Crippen LogP contribution in [-0.2, 0) is 6.54 Å². The first kappa shape index (κ1) is 19.1. The lowest BCUT2D eigenvalue weighted by atomic mass is 10.1. The van der Waals surface area contributed by atoms with Crippen LogP contribution in [0.3, 0.4) is 0 Å². The van der Waals surface area contributed by atoms with Crippen molar-refractivity contribution >= 4 is 11.7 Å². The second-order valence-electron chi connectivity index (χ2n) is 7.31. The maximum Gasteiger partial charge on any atom is 0.315 e. The highest BCUT2D eigenvalue weighted by molar-refractivity contribution is 5.73. The number of urea groups is 1. The van der Waals surface area contributed by atoms with E-state index >= 15 is 0 Å². The van der Waals surface area contributed by atoms with Crippen LogP contribution in [0.2, 0.25) is 0 Å². The van der Waals surface area contributed by atoms with Crippen LogP contribution in [0.5, 0.6) is 5.75 Å². The summed E-state index contributed by atoms with van der Waals surface area (Å²) in [5, 5.41) is 5.92. The van der Waals surface area contributed by atoms with Gasteiger partial charge >= 0.3 is 6.03 Å². The summed E-state index contributed by atoms with van der Waals surface area (Å²) in [6.45, 7) is 7.25. The fourth-order valence-corrected chi connectivity index (χ4v) is 3.31. The molecular formula is C22H29N3O2. The third kappa shape index (κ3) is 5.91. The molecule has 0 spiro atoms. The molecule has 144 valence electrons. The Morgan fingerprint density at radius 2 is 1.85 bits per heavy atom. The van der Waals surface area contributed by atoms with Gasteiger partial charge in [0.05, 0.1) is 6.10 Å². The predicted molar refractivity (Wildman–Crippen MR) is 109 cm³/mol. The van der Waals surface area contributed by atoms with Crippen molar-refractivity contribution in [3.05, 3.63) is 60.2 Å². The largest absolute Gasteiger partial charge is 0.491 e. The van der Waals surface area contributed by atoms with Crippen molar-refractivity contribution < 1.29 is 9.53 Å². The van der Waals surface area contributed by atoms with E-state index in [0.29, 0.717) is 19.0 Å². The molecule has 1 fully saturated rings. The third-order valence-corrected chi connectivity index (χ3v) is 4.71. The third-order valence-electron chi connectivity index (χ3n) is 4.71. The smallest absolute Gasteiger partial charge is 0.315 e. The van der Waals surface area contributed by atoms with E-state index < -0.39 is 0 Å². The molecule has 1 unspecified atom stereocenters. The number of hydrogen-bond acceptors (Lipinski definition) is 3.